The summed E-state index contributed by atoms with van der Waals surface area (Å²) in [6.07, 6.45) is 2.27. The molecule has 2 bridgehead atoms. The minimum absolute atomic E-state index is 0.118. The Morgan fingerprint density at radius 3 is 2.32 bits per heavy atom. The fourth-order valence-corrected chi connectivity index (χ4v) is 6.06. The molecule has 2 heterocycles. The summed E-state index contributed by atoms with van der Waals surface area (Å²) < 4.78 is 38.3. The highest BCUT2D eigenvalue weighted by Crippen LogP contribution is 2.46. The summed E-state index contributed by atoms with van der Waals surface area (Å²) >= 11 is 0. The van der Waals surface area contributed by atoms with Gasteiger partial charge in [0.2, 0.25) is 0 Å². The summed E-state index contributed by atoms with van der Waals surface area (Å²) in [6, 6.07) is 6.12. The maximum atomic E-state index is 13.9. The second-order valence-corrected chi connectivity index (χ2v) is 8.20. The lowest BCUT2D eigenvalue weighted by Crippen LogP contribution is -2.50. The van der Waals surface area contributed by atoms with E-state index in [0.29, 0.717) is 12.8 Å². The molecule has 0 aromatic heterocycles. The highest BCUT2D eigenvalue weighted by atomic mass is 32.2. The van der Waals surface area contributed by atoms with Crippen LogP contribution in [0.2, 0.25) is 0 Å². The summed E-state index contributed by atoms with van der Waals surface area (Å²) in [5.41, 5.74) is -1.10. The number of sulfone groups is 1. The highest BCUT2D eigenvalue weighted by Gasteiger charge is 2.51. The molecule has 2 aliphatic rings. The predicted molar refractivity (Wildman–Crippen MR) is 69.9 cm³/mol. The van der Waals surface area contributed by atoms with Gasteiger partial charge in [-0.2, -0.15) is 0 Å². The summed E-state index contributed by atoms with van der Waals surface area (Å²) in [4.78, 5) is 0. The van der Waals surface area contributed by atoms with Crippen molar-refractivity contribution >= 4 is 9.84 Å². The fourth-order valence-electron chi connectivity index (χ4n) is 3.51. The Balaban J connectivity index is 2.02. The molecular formula is C14H17FO3S. The molecule has 1 aromatic carbocycles. The van der Waals surface area contributed by atoms with Crippen LogP contribution in [0, 0.1) is 5.82 Å². The first-order chi connectivity index (χ1) is 8.93. The van der Waals surface area contributed by atoms with Gasteiger partial charge in [0.15, 0.2) is 9.84 Å². The second-order valence-electron chi connectivity index (χ2n) is 5.68. The standard InChI is InChI=1S/C14H17FO3S/c15-13-7-2-1-6-12(13)14(16)8-10-4-3-5-11(9-14)19(10,17)18/h1-2,6-7,10-11,16H,3-5,8-9H2. The largest absolute Gasteiger partial charge is 0.385 e. The first-order valence-corrected chi connectivity index (χ1v) is 8.24. The number of halogens is 1. The van der Waals surface area contributed by atoms with Crippen LogP contribution in [0.25, 0.3) is 0 Å². The summed E-state index contributed by atoms with van der Waals surface area (Å²) in [5, 5.41) is 9.71. The van der Waals surface area contributed by atoms with E-state index in [9.17, 15) is 17.9 Å². The van der Waals surface area contributed by atoms with Crippen molar-refractivity contribution < 1.29 is 17.9 Å². The number of aliphatic hydroxyl groups is 1. The number of fused-ring (bicyclic) bond motifs is 2. The van der Waals surface area contributed by atoms with Crippen LogP contribution in [0.3, 0.4) is 0 Å². The Bertz CT molecular complexity index is 576. The van der Waals surface area contributed by atoms with Gasteiger partial charge in [0, 0.05) is 5.56 Å². The molecule has 1 aromatic rings. The molecule has 104 valence electrons. The van der Waals surface area contributed by atoms with E-state index in [0.717, 1.165) is 6.42 Å². The third-order valence-corrected chi connectivity index (χ3v) is 7.15. The molecular weight excluding hydrogens is 267 g/mol. The van der Waals surface area contributed by atoms with Crippen LogP contribution in [-0.4, -0.2) is 24.0 Å². The summed E-state index contributed by atoms with van der Waals surface area (Å²) in [5.74, 6) is -0.456. The van der Waals surface area contributed by atoms with E-state index in [4.69, 9.17) is 0 Å². The smallest absolute Gasteiger partial charge is 0.156 e. The van der Waals surface area contributed by atoms with Crippen molar-refractivity contribution in [2.24, 2.45) is 0 Å². The van der Waals surface area contributed by atoms with Crippen molar-refractivity contribution in [3.8, 4) is 0 Å². The van der Waals surface area contributed by atoms with Crippen molar-refractivity contribution in [3.63, 3.8) is 0 Å². The van der Waals surface area contributed by atoms with Crippen LogP contribution in [0.5, 0.6) is 0 Å². The van der Waals surface area contributed by atoms with Gasteiger partial charge >= 0.3 is 0 Å². The lowest BCUT2D eigenvalue weighted by molar-refractivity contribution is 0.00187. The number of benzene rings is 1. The molecule has 0 radical (unpaired) electrons. The summed E-state index contributed by atoms with van der Waals surface area (Å²) in [6.45, 7) is 0. The van der Waals surface area contributed by atoms with E-state index in [1.807, 2.05) is 0 Å². The monoisotopic (exact) mass is 284 g/mol. The zero-order chi connectivity index (χ0) is 13.7. The van der Waals surface area contributed by atoms with Crippen molar-refractivity contribution in [1.82, 2.24) is 0 Å². The highest BCUT2D eigenvalue weighted by molar-refractivity contribution is 7.92. The van der Waals surface area contributed by atoms with Crippen molar-refractivity contribution in [2.75, 3.05) is 0 Å². The van der Waals surface area contributed by atoms with E-state index in [-0.39, 0.29) is 18.4 Å². The minimum atomic E-state index is -3.14. The first kappa shape index (κ1) is 13.1. The van der Waals surface area contributed by atoms with Gasteiger partial charge in [0.1, 0.15) is 5.82 Å². The van der Waals surface area contributed by atoms with E-state index in [1.165, 1.54) is 6.07 Å². The molecule has 0 spiro atoms. The fraction of sp³-hybridized carbons (Fsp3) is 0.571. The third-order valence-electron chi connectivity index (χ3n) is 4.49. The van der Waals surface area contributed by atoms with Crippen molar-refractivity contribution in [2.45, 2.75) is 48.2 Å². The van der Waals surface area contributed by atoms with E-state index in [2.05, 4.69) is 0 Å². The topological polar surface area (TPSA) is 54.4 Å². The minimum Gasteiger partial charge on any atom is -0.385 e. The Labute approximate surface area is 112 Å². The normalized spacial score (nSPS) is 36.9. The van der Waals surface area contributed by atoms with E-state index >= 15 is 0 Å². The predicted octanol–water partition coefficient (Wildman–Crippen LogP) is 2.14. The molecule has 2 fully saturated rings. The van der Waals surface area contributed by atoms with Crippen molar-refractivity contribution in [1.29, 1.82) is 0 Å². The molecule has 2 aliphatic heterocycles. The van der Waals surface area contributed by atoms with Crippen LogP contribution in [-0.2, 0) is 15.4 Å². The zero-order valence-corrected chi connectivity index (χ0v) is 11.4. The maximum Gasteiger partial charge on any atom is 0.156 e. The lowest BCUT2D eigenvalue weighted by Gasteiger charge is -2.44. The summed E-state index contributed by atoms with van der Waals surface area (Å²) in [7, 11) is -3.14. The maximum absolute atomic E-state index is 13.9. The molecule has 19 heavy (non-hydrogen) atoms. The van der Waals surface area contributed by atoms with Gasteiger partial charge in [-0.3, -0.25) is 0 Å². The molecule has 3 rings (SSSR count). The van der Waals surface area contributed by atoms with Gasteiger partial charge in [-0.25, -0.2) is 12.8 Å². The molecule has 3 nitrogen and oxygen atoms in total. The molecule has 5 heteroatoms. The Morgan fingerprint density at radius 2 is 1.74 bits per heavy atom. The van der Waals surface area contributed by atoms with Crippen LogP contribution in [0.1, 0.15) is 37.7 Å². The molecule has 0 saturated carbocycles. The quantitative estimate of drug-likeness (QED) is 0.859. The Kier molecular flexibility index (Phi) is 2.94. The van der Waals surface area contributed by atoms with Crippen LogP contribution < -0.4 is 0 Å². The number of hydrogen-bond donors (Lipinski definition) is 1. The lowest BCUT2D eigenvalue weighted by atomic mass is 9.80. The van der Waals surface area contributed by atoms with E-state index in [1.54, 1.807) is 18.2 Å². The van der Waals surface area contributed by atoms with Gasteiger partial charge in [-0.1, -0.05) is 24.6 Å². The molecule has 1 N–H and O–H groups in total. The van der Waals surface area contributed by atoms with Gasteiger partial charge in [0.05, 0.1) is 16.1 Å². The van der Waals surface area contributed by atoms with Crippen molar-refractivity contribution in [3.05, 3.63) is 35.6 Å². The molecule has 2 saturated heterocycles. The van der Waals surface area contributed by atoms with E-state index < -0.39 is 31.8 Å². The molecule has 0 amide bonds. The van der Waals surface area contributed by atoms with Crippen LogP contribution in [0.15, 0.2) is 24.3 Å². The Morgan fingerprint density at radius 1 is 1.16 bits per heavy atom. The van der Waals surface area contributed by atoms with Gasteiger partial charge in [-0.05, 0) is 31.7 Å². The molecule has 2 unspecified atom stereocenters. The number of hydrogen-bond acceptors (Lipinski definition) is 3. The SMILES string of the molecule is O=S1(=O)C2CCCC1CC(O)(c1ccccc1F)C2. The second kappa shape index (κ2) is 4.28. The van der Waals surface area contributed by atoms with Gasteiger partial charge in [0.25, 0.3) is 0 Å². The molecule has 0 aliphatic carbocycles. The third kappa shape index (κ3) is 1.99. The average molecular weight is 284 g/mol. The first-order valence-electron chi connectivity index (χ1n) is 6.63. The zero-order valence-electron chi connectivity index (χ0n) is 10.5. The number of rotatable bonds is 1. The average Bonchev–Trinajstić information content (AvgIpc) is 2.32. The van der Waals surface area contributed by atoms with Crippen LogP contribution >= 0.6 is 0 Å². The van der Waals surface area contributed by atoms with Gasteiger partial charge < -0.3 is 5.11 Å². The Hall–Kier alpha value is -0.940. The molecule has 2 atom stereocenters. The van der Waals surface area contributed by atoms with Gasteiger partial charge in [-0.15, -0.1) is 0 Å². The van der Waals surface area contributed by atoms with Crippen LogP contribution in [0.4, 0.5) is 4.39 Å².